The summed E-state index contributed by atoms with van der Waals surface area (Å²) in [6, 6.07) is 46.8. The Bertz CT molecular complexity index is 2500. The lowest BCUT2D eigenvalue weighted by molar-refractivity contribution is 0.669. The molecule has 4 nitrogen and oxygen atoms in total. The molecule has 0 unspecified atom stereocenters. The smallest absolute Gasteiger partial charge is 0.235 e. The van der Waals surface area contributed by atoms with Crippen molar-refractivity contribution in [2.75, 3.05) is 0 Å². The van der Waals surface area contributed by atoms with E-state index in [1.165, 1.54) is 27.1 Å². The van der Waals surface area contributed by atoms with Gasteiger partial charge in [-0.1, -0.05) is 97.1 Å². The van der Waals surface area contributed by atoms with E-state index in [0.717, 1.165) is 68.3 Å². The zero-order valence-electron chi connectivity index (χ0n) is 24.9. The Labute approximate surface area is 260 Å². The standard InChI is InChI=1S/C41H29N3O/c1-26-21-23-35(28-22-24-39-34(25-28)32-16-6-9-20-38(32)45-39)42-41(43-40(26)33-17-10-12-27-11-2-3-13-29(27)33)44-36-18-7-4-14-30(36)31-15-5-8-19-37(31)44/h2-20,22,24-25H,21,23H2,1H3/b40-26+,42-35+,43-41+. The molecule has 0 atom stereocenters. The average molecular weight is 580 g/mol. The second kappa shape index (κ2) is 10.2. The van der Waals surface area contributed by atoms with Crippen molar-refractivity contribution in [3.63, 3.8) is 0 Å². The number of para-hydroxylation sites is 3. The fourth-order valence-corrected chi connectivity index (χ4v) is 6.90. The van der Waals surface area contributed by atoms with Crippen molar-refractivity contribution in [1.82, 2.24) is 4.57 Å². The number of nitrogens with zero attached hydrogens (tertiary/aromatic N) is 3. The van der Waals surface area contributed by atoms with Crippen LogP contribution in [0.4, 0.5) is 0 Å². The number of aliphatic imine (C=N–C) groups is 2. The normalized spacial score (nSPS) is 18.2. The predicted molar refractivity (Wildman–Crippen MR) is 188 cm³/mol. The minimum Gasteiger partial charge on any atom is -0.456 e. The maximum Gasteiger partial charge on any atom is 0.235 e. The fraction of sp³-hybridized carbons (Fsp3) is 0.0732. The molecular formula is C41H29N3O. The Morgan fingerprint density at radius 1 is 0.556 bits per heavy atom. The topological polar surface area (TPSA) is 42.8 Å². The lowest BCUT2D eigenvalue weighted by Gasteiger charge is -2.18. The Hall–Kier alpha value is -5.74. The van der Waals surface area contributed by atoms with E-state index in [9.17, 15) is 0 Å². The molecule has 0 bridgehead atoms. The van der Waals surface area contributed by atoms with E-state index in [2.05, 4.69) is 133 Å². The minimum absolute atomic E-state index is 0.668. The van der Waals surface area contributed by atoms with Gasteiger partial charge in [0.2, 0.25) is 5.96 Å². The molecule has 0 fully saturated rings. The number of hydrogen-bond donors (Lipinski definition) is 0. The summed E-state index contributed by atoms with van der Waals surface area (Å²) in [5.74, 6) is 0.668. The second-order valence-corrected chi connectivity index (χ2v) is 11.8. The highest BCUT2D eigenvalue weighted by molar-refractivity contribution is 6.18. The third-order valence-electron chi connectivity index (χ3n) is 9.12. The summed E-state index contributed by atoms with van der Waals surface area (Å²) >= 11 is 0. The molecular weight excluding hydrogens is 550 g/mol. The molecule has 45 heavy (non-hydrogen) atoms. The van der Waals surface area contributed by atoms with Crippen LogP contribution in [0, 0.1) is 0 Å². The van der Waals surface area contributed by atoms with Crippen LogP contribution in [0.1, 0.15) is 30.9 Å². The number of fused-ring (bicyclic) bond motifs is 7. The Balaban J connectivity index is 1.33. The summed E-state index contributed by atoms with van der Waals surface area (Å²) in [7, 11) is 0. The third-order valence-corrected chi connectivity index (χ3v) is 9.12. The van der Waals surface area contributed by atoms with Crippen LogP contribution in [0.2, 0.25) is 0 Å². The molecule has 6 aromatic carbocycles. The summed E-state index contributed by atoms with van der Waals surface area (Å²) < 4.78 is 8.39. The van der Waals surface area contributed by atoms with Crippen LogP contribution >= 0.6 is 0 Å². The van der Waals surface area contributed by atoms with Crippen LogP contribution in [-0.2, 0) is 0 Å². The largest absolute Gasteiger partial charge is 0.456 e. The molecule has 2 aromatic heterocycles. The van der Waals surface area contributed by atoms with Crippen LogP contribution in [0.15, 0.2) is 153 Å². The molecule has 4 heteroatoms. The summed E-state index contributed by atoms with van der Waals surface area (Å²) in [5, 5.41) is 7.00. The lowest BCUT2D eigenvalue weighted by Crippen LogP contribution is -2.16. The first-order valence-electron chi connectivity index (χ1n) is 15.5. The molecule has 1 aliphatic heterocycles. The van der Waals surface area contributed by atoms with Crippen molar-refractivity contribution >= 4 is 71.9 Å². The van der Waals surface area contributed by atoms with Crippen molar-refractivity contribution < 1.29 is 4.42 Å². The highest BCUT2D eigenvalue weighted by Gasteiger charge is 2.21. The Morgan fingerprint density at radius 3 is 2.00 bits per heavy atom. The van der Waals surface area contributed by atoms with Gasteiger partial charge in [0, 0.05) is 27.1 Å². The zero-order valence-corrected chi connectivity index (χ0v) is 24.9. The quantitative estimate of drug-likeness (QED) is 0.201. The number of rotatable bonds is 2. The van der Waals surface area contributed by atoms with E-state index in [0.29, 0.717) is 5.96 Å². The molecule has 0 saturated carbocycles. The van der Waals surface area contributed by atoms with Gasteiger partial charge in [0.05, 0.1) is 22.4 Å². The van der Waals surface area contributed by atoms with E-state index >= 15 is 0 Å². The number of aromatic nitrogens is 1. The van der Waals surface area contributed by atoms with Gasteiger partial charge >= 0.3 is 0 Å². The average Bonchev–Trinajstić information content (AvgIpc) is 3.62. The lowest BCUT2D eigenvalue weighted by atomic mass is 9.95. The van der Waals surface area contributed by atoms with Crippen LogP contribution in [0.3, 0.4) is 0 Å². The van der Waals surface area contributed by atoms with Gasteiger partial charge in [0.1, 0.15) is 11.2 Å². The van der Waals surface area contributed by atoms with Crippen LogP contribution in [0.5, 0.6) is 0 Å². The molecule has 3 heterocycles. The van der Waals surface area contributed by atoms with Gasteiger partial charge in [-0.25, -0.2) is 9.98 Å². The first-order valence-corrected chi connectivity index (χ1v) is 15.5. The van der Waals surface area contributed by atoms with Gasteiger partial charge in [-0.15, -0.1) is 0 Å². The summed E-state index contributed by atoms with van der Waals surface area (Å²) in [6.45, 7) is 2.22. The van der Waals surface area contributed by atoms with E-state index in [1.54, 1.807) is 0 Å². The van der Waals surface area contributed by atoms with Crippen molar-refractivity contribution in [2.45, 2.75) is 19.8 Å². The Kier molecular flexibility index (Phi) is 5.82. The van der Waals surface area contributed by atoms with Gasteiger partial charge in [0.15, 0.2) is 0 Å². The molecule has 8 aromatic rings. The first-order chi connectivity index (χ1) is 22.2. The molecule has 9 rings (SSSR count). The van der Waals surface area contributed by atoms with Gasteiger partial charge in [-0.3, -0.25) is 4.57 Å². The van der Waals surface area contributed by atoms with Crippen LogP contribution in [-0.4, -0.2) is 16.2 Å². The third kappa shape index (κ3) is 4.14. The van der Waals surface area contributed by atoms with Crippen LogP contribution < -0.4 is 0 Å². The van der Waals surface area contributed by atoms with Crippen molar-refractivity contribution in [3.05, 3.63) is 150 Å². The van der Waals surface area contributed by atoms with E-state index < -0.39 is 0 Å². The number of hydrogen-bond acceptors (Lipinski definition) is 3. The number of furan rings is 1. The highest BCUT2D eigenvalue weighted by Crippen LogP contribution is 2.35. The molecule has 0 amide bonds. The highest BCUT2D eigenvalue weighted by atomic mass is 16.3. The molecule has 0 radical (unpaired) electrons. The molecule has 1 aliphatic rings. The van der Waals surface area contributed by atoms with Gasteiger partial charge < -0.3 is 4.42 Å². The van der Waals surface area contributed by atoms with E-state index in [4.69, 9.17) is 14.4 Å². The molecule has 0 saturated heterocycles. The minimum atomic E-state index is 0.668. The number of benzene rings is 6. The molecule has 0 N–H and O–H groups in total. The van der Waals surface area contributed by atoms with Gasteiger partial charge in [-0.05, 0) is 78.1 Å². The van der Waals surface area contributed by atoms with Crippen molar-refractivity contribution in [2.24, 2.45) is 9.98 Å². The van der Waals surface area contributed by atoms with Gasteiger partial charge in [0.25, 0.3) is 0 Å². The molecule has 214 valence electrons. The van der Waals surface area contributed by atoms with Crippen molar-refractivity contribution in [3.8, 4) is 0 Å². The van der Waals surface area contributed by atoms with Crippen LogP contribution in [0.25, 0.3) is 60.2 Å². The van der Waals surface area contributed by atoms with Crippen molar-refractivity contribution in [1.29, 1.82) is 0 Å². The predicted octanol–water partition coefficient (Wildman–Crippen LogP) is 10.8. The maximum atomic E-state index is 6.16. The summed E-state index contributed by atoms with van der Waals surface area (Å²) in [5.41, 5.74) is 9.43. The fourth-order valence-electron chi connectivity index (χ4n) is 6.90. The molecule has 0 spiro atoms. The summed E-state index contributed by atoms with van der Waals surface area (Å²) in [4.78, 5) is 11.0. The summed E-state index contributed by atoms with van der Waals surface area (Å²) in [6.07, 6.45) is 1.64. The Morgan fingerprint density at radius 2 is 1.20 bits per heavy atom. The number of allylic oxidation sites excluding steroid dienone is 1. The maximum absolute atomic E-state index is 6.16. The molecule has 0 aliphatic carbocycles. The van der Waals surface area contributed by atoms with E-state index in [1.807, 2.05) is 12.1 Å². The van der Waals surface area contributed by atoms with Gasteiger partial charge in [-0.2, -0.15) is 0 Å². The SMILES string of the molecule is C\C1=C(c2cccc3ccccc23)/N=C(n2c3ccccc3c3ccccc32)\N=C(\c2ccc3oc4ccccc4c3c2)CC1. The second-order valence-electron chi connectivity index (χ2n) is 11.8. The van der Waals surface area contributed by atoms with E-state index in [-0.39, 0.29) is 0 Å². The monoisotopic (exact) mass is 579 g/mol. The zero-order chi connectivity index (χ0) is 29.9. The first kappa shape index (κ1) is 25.7.